The van der Waals surface area contributed by atoms with Crippen molar-refractivity contribution in [2.45, 2.75) is 49.8 Å². The molecule has 2 heteroatoms. The fourth-order valence-electron chi connectivity index (χ4n) is 3.38. The Morgan fingerprint density at radius 1 is 1.22 bits per heavy atom. The molecule has 1 saturated carbocycles. The lowest BCUT2D eigenvalue weighted by molar-refractivity contribution is 0.319. The molecule has 0 spiro atoms. The molecule has 1 heterocycles. The minimum absolute atomic E-state index is 0.375. The lowest BCUT2D eigenvalue weighted by atomic mass is 9.92. The Bertz CT molecular complexity index is 398. The van der Waals surface area contributed by atoms with Crippen LogP contribution in [0.4, 0.5) is 0 Å². The van der Waals surface area contributed by atoms with Crippen LogP contribution in [0, 0.1) is 5.92 Å². The van der Waals surface area contributed by atoms with E-state index in [9.17, 15) is 0 Å². The van der Waals surface area contributed by atoms with Crippen molar-refractivity contribution in [3.63, 3.8) is 0 Å². The highest BCUT2D eigenvalue weighted by atomic mass is 35.5. The van der Waals surface area contributed by atoms with E-state index in [-0.39, 0.29) is 0 Å². The largest absolute Gasteiger partial charge is 0.493 e. The molecule has 1 aliphatic heterocycles. The maximum Gasteiger partial charge on any atom is 0.122 e. The summed E-state index contributed by atoms with van der Waals surface area (Å²) in [6.07, 6.45) is 7.74. The molecular weight excluding hydrogens is 244 g/mol. The van der Waals surface area contributed by atoms with Crippen molar-refractivity contribution in [3.05, 3.63) is 29.8 Å². The molecule has 0 amide bonds. The van der Waals surface area contributed by atoms with Crippen LogP contribution < -0.4 is 4.74 Å². The Labute approximate surface area is 114 Å². The van der Waals surface area contributed by atoms with E-state index < -0.39 is 0 Å². The minimum Gasteiger partial charge on any atom is -0.493 e. The molecule has 1 aromatic rings. The Kier molecular flexibility index (Phi) is 3.79. The van der Waals surface area contributed by atoms with Crippen molar-refractivity contribution in [2.75, 3.05) is 6.61 Å². The predicted molar refractivity (Wildman–Crippen MR) is 75.5 cm³/mol. The maximum absolute atomic E-state index is 6.55. The van der Waals surface area contributed by atoms with E-state index in [4.69, 9.17) is 16.3 Å². The van der Waals surface area contributed by atoms with E-state index in [0.29, 0.717) is 11.3 Å². The molecule has 2 unspecified atom stereocenters. The number of benzene rings is 1. The quantitative estimate of drug-likeness (QED) is 0.714. The molecule has 3 rings (SSSR count). The highest BCUT2D eigenvalue weighted by Gasteiger charge is 2.27. The van der Waals surface area contributed by atoms with Gasteiger partial charge in [-0.1, -0.05) is 31.0 Å². The van der Waals surface area contributed by atoms with Crippen molar-refractivity contribution in [2.24, 2.45) is 5.92 Å². The molecule has 1 nitrogen and oxygen atoms in total. The number of ether oxygens (including phenoxy) is 1. The first-order chi connectivity index (χ1) is 8.84. The van der Waals surface area contributed by atoms with Gasteiger partial charge in [0.1, 0.15) is 5.75 Å². The Balaban J connectivity index is 1.55. The number of rotatable bonds is 4. The number of hydrogen-bond acceptors (Lipinski definition) is 1. The summed E-state index contributed by atoms with van der Waals surface area (Å²) in [6, 6.07) is 8.43. The van der Waals surface area contributed by atoms with Crippen LogP contribution >= 0.6 is 11.6 Å². The first-order valence-corrected chi connectivity index (χ1v) is 7.64. The zero-order valence-electron chi connectivity index (χ0n) is 10.8. The molecular formula is C16H21ClO. The third kappa shape index (κ3) is 2.51. The summed E-state index contributed by atoms with van der Waals surface area (Å²) in [6.45, 7) is 0.841. The molecule has 98 valence electrons. The van der Waals surface area contributed by atoms with Crippen molar-refractivity contribution in [1.29, 1.82) is 0 Å². The lowest BCUT2D eigenvalue weighted by Gasteiger charge is -2.18. The molecule has 0 radical (unpaired) electrons. The zero-order chi connectivity index (χ0) is 12.4. The monoisotopic (exact) mass is 264 g/mol. The van der Waals surface area contributed by atoms with Crippen LogP contribution in [-0.2, 0) is 0 Å². The summed E-state index contributed by atoms with van der Waals surface area (Å²) < 4.78 is 5.73. The summed E-state index contributed by atoms with van der Waals surface area (Å²) >= 11 is 6.55. The number of alkyl halides is 1. The van der Waals surface area contributed by atoms with Gasteiger partial charge in [-0.25, -0.2) is 0 Å². The van der Waals surface area contributed by atoms with Gasteiger partial charge in [0.2, 0.25) is 0 Å². The maximum atomic E-state index is 6.55. The van der Waals surface area contributed by atoms with Gasteiger partial charge in [0.25, 0.3) is 0 Å². The van der Waals surface area contributed by atoms with E-state index in [1.807, 2.05) is 6.07 Å². The van der Waals surface area contributed by atoms with E-state index in [2.05, 4.69) is 18.2 Å². The van der Waals surface area contributed by atoms with Gasteiger partial charge in [-0.2, -0.15) is 0 Å². The predicted octanol–water partition coefficient (Wildman–Crippen LogP) is 4.74. The molecule has 18 heavy (non-hydrogen) atoms. The third-order valence-corrected chi connectivity index (χ3v) is 5.08. The smallest absolute Gasteiger partial charge is 0.122 e. The van der Waals surface area contributed by atoms with Crippen LogP contribution in [0.15, 0.2) is 24.3 Å². The topological polar surface area (TPSA) is 9.23 Å². The van der Waals surface area contributed by atoms with Crippen LogP contribution in [0.25, 0.3) is 0 Å². The third-order valence-electron chi connectivity index (χ3n) is 4.50. The Morgan fingerprint density at radius 2 is 2.00 bits per heavy atom. The van der Waals surface area contributed by atoms with Gasteiger partial charge in [0, 0.05) is 16.9 Å². The van der Waals surface area contributed by atoms with E-state index in [1.54, 1.807) is 0 Å². The van der Waals surface area contributed by atoms with Crippen molar-refractivity contribution in [1.82, 2.24) is 0 Å². The van der Waals surface area contributed by atoms with Crippen LogP contribution in [0.3, 0.4) is 0 Å². The first kappa shape index (κ1) is 12.3. The molecule has 2 atom stereocenters. The van der Waals surface area contributed by atoms with Gasteiger partial charge in [-0.05, 0) is 37.7 Å². The molecule has 0 aromatic heterocycles. The van der Waals surface area contributed by atoms with Crippen molar-refractivity contribution in [3.8, 4) is 5.75 Å². The molecule has 0 bridgehead atoms. The summed E-state index contributed by atoms with van der Waals surface area (Å²) in [5, 5.41) is 0.375. The molecule has 0 N–H and O–H groups in total. The van der Waals surface area contributed by atoms with E-state index in [0.717, 1.165) is 24.7 Å². The summed E-state index contributed by atoms with van der Waals surface area (Å²) in [5.41, 5.74) is 1.38. The average molecular weight is 265 g/mol. The van der Waals surface area contributed by atoms with Gasteiger partial charge in [-0.3, -0.25) is 0 Å². The minimum atomic E-state index is 0.375. The van der Waals surface area contributed by atoms with Crippen LogP contribution in [0.1, 0.15) is 50.0 Å². The number of halogens is 1. The Morgan fingerprint density at radius 3 is 2.83 bits per heavy atom. The average Bonchev–Trinajstić information content (AvgIpc) is 3.06. The Hall–Kier alpha value is -0.690. The van der Waals surface area contributed by atoms with E-state index >= 15 is 0 Å². The van der Waals surface area contributed by atoms with Crippen LogP contribution in [0.5, 0.6) is 5.75 Å². The zero-order valence-corrected chi connectivity index (χ0v) is 11.5. The number of fused-ring (bicyclic) bond motifs is 1. The van der Waals surface area contributed by atoms with Gasteiger partial charge < -0.3 is 4.74 Å². The number of hydrogen-bond donors (Lipinski definition) is 0. The van der Waals surface area contributed by atoms with Gasteiger partial charge in [-0.15, -0.1) is 11.6 Å². The van der Waals surface area contributed by atoms with Crippen LogP contribution in [-0.4, -0.2) is 12.0 Å². The fraction of sp³-hybridized carbons (Fsp3) is 0.625. The highest BCUT2D eigenvalue weighted by molar-refractivity contribution is 6.20. The lowest BCUT2D eigenvalue weighted by Crippen LogP contribution is -2.13. The van der Waals surface area contributed by atoms with E-state index in [1.165, 1.54) is 37.7 Å². The standard InChI is InChI=1S/C16H21ClO/c17-15(12-5-1-2-6-12)10-9-13-11-18-16-8-4-3-7-14(13)16/h3-4,7-8,12-13,15H,1-2,5-6,9-11H2. The van der Waals surface area contributed by atoms with Crippen molar-refractivity contribution >= 4 is 11.6 Å². The van der Waals surface area contributed by atoms with Gasteiger partial charge in [0.05, 0.1) is 6.61 Å². The first-order valence-electron chi connectivity index (χ1n) is 7.20. The molecule has 1 aromatic carbocycles. The summed E-state index contributed by atoms with van der Waals surface area (Å²) in [7, 11) is 0. The second kappa shape index (κ2) is 5.52. The molecule has 1 fully saturated rings. The second-order valence-electron chi connectivity index (χ2n) is 5.68. The molecule has 0 saturated heterocycles. The van der Waals surface area contributed by atoms with Gasteiger partial charge in [0.15, 0.2) is 0 Å². The van der Waals surface area contributed by atoms with Crippen molar-refractivity contribution < 1.29 is 4.74 Å². The SMILES string of the molecule is ClC(CCC1COc2ccccc21)C1CCCC1. The second-order valence-corrected chi connectivity index (χ2v) is 6.24. The highest BCUT2D eigenvalue weighted by Crippen LogP contribution is 2.39. The summed E-state index contributed by atoms with van der Waals surface area (Å²) in [5.74, 6) is 2.41. The fourth-order valence-corrected chi connectivity index (χ4v) is 3.76. The summed E-state index contributed by atoms with van der Waals surface area (Å²) in [4.78, 5) is 0. The normalized spacial score (nSPS) is 24.8. The van der Waals surface area contributed by atoms with Gasteiger partial charge >= 0.3 is 0 Å². The number of para-hydroxylation sites is 1. The van der Waals surface area contributed by atoms with Crippen LogP contribution in [0.2, 0.25) is 0 Å². The molecule has 2 aliphatic rings. The molecule has 1 aliphatic carbocycles.